The van der Waals surface area contributed by atoms with Crippen molar-refractivity contribution in [3.8, 4) is 11.8 Å². The van der Waals surface area contributed by atoms with Crippen molar-refractivity contribution in [2.24, 2.45) is 5.92 Å². The fourth-order valence-electron chi connectivity index (χ4n) is 3.12. The van der Waals surface area contributed by atoms with E-state index in [-0.39, 0.29) is 0 Å². The van der Waals surface area contributed by atoms with E-state index in [0.717, 1.165) is 16.6 Å². The molecule has 2 heterocycles. The number of pyridine rings is 1. The number of nitrogens with zero attached hydrogens (tertiary/aromatic N) is 3. The molecule has 1 fully saturated rings. The quantitative estimate of drug-likeness (QED) is 0.874. The number of piperidine rings is 1. The normalized spacial score (nSPS) is 17.6. The summed E-state index contributed by atoms with van der Waals surface area (Å²) in [4.78, 5) is 17.6. The SMILES string of the molecule is C=C1CN(c2c(C#N)cnc3cc(OC)ccc23)CC[C@@H]1C(=O)O. The highest BCUT2D eigenvalue weighted by Gasteiger charge is 2.29. The molecule has 1 aromatic heterocycles. The van der Waals surface area contributed by atoms with Crippen LogP contribution in [-0.4, -0.2) is 36.3 Å². The smallest absolute Gasteiger partial charge is 0.310 e. The summed E-state index contributed by atoms with van der Waals surface area (Å²) in [5, 5.41) is 19.5. The molecule has 0 radical (unpaired) electrons. The summed E-state index contributed by atoms with van der Waals surface area (Å²) < 4.78 is 5.22. The van der Waals surface area contributed by atoms with Crippen molar-refractivity contribution in [2.45, 2.75) is 6.42 Å². The first-order valence-corrected chi connectivity index (χ1v) is 7.57. The van der Waals surface area contributed by atoms with Gasteiger partial charge in [-0.3, -0.25) is 9.78 Å². The Balaban J connectivity index is 2.07. The Labute approximate surface area is 139 Å². The van der Waals surface area contributed by atoms with Crippen molar-refractivity contribution >= 4 is 22.6 Å². The van der Waals surface area contributed by atoms with Crippen LogP contribution in [0.2, 0.25) is 0 Å². The fraction of sp³-hybridized carbons (Fsp3) is 0.278. The van der Waals surface area contributed by atoms with Crippen molar-refractivity contribution < 1.29 is 14.6 Å². The van der Waals surface area contributed by atoms with Gasteiger partial charge in [-0.15, -0.1) is 0 Å². The number of fused-ring (bicyclic) bond motifs is 1. The highest BCUT2D eigenvalue weighted by molar-refractivity contribution is 5.95. The Morgan fingerprint density at radius 3 is 2.96 bits per heavy atom. The number of aliphatic carboxylic acids is 1. The topological polar surface area (TPSA) is 86.5 Å². The van der Waals surface area contributed by atoms with Crippen molar-refractivity contribution in [2.75, 3.05) is 25.1 Å². The number of hydrogen-bond acceptors (Lipinski definition) is 5. The molecule has 0 aliphatic carbocycles. The molecule has 0 unspecified atom stereocenters. The van der Waals surface area contributed by atoms with Crippen LogP contribution in [0.1, 0.15) is 12.0 Å². The van der Waals surface area contributed by atoms with Crippen LogP contribution in [0.25, 0.3) is 10.9 Å². The van der Waals surface area contributed by atoms with E-state index in [4.69, 9.17) is 4.74 Å². The third kappa shape index (κ3) is 2.65. The van der Waals surface area contributed by atoms with Crippen LogP contribution < -0.4 is 9.64 Å². The molecule has 1 saturated heterocycles. The molecule has 0 amide bonds. The van der Waals surface area contributed by atoms with Gasteiger partial charge in [-0.05, 0) is 24.1 Å². The molecule has 0 bridgehead atoms. The number of hydrogen-bond donors (Lipinski definition) is 1. The van der Waals surface area contributed by atoms with Gasteiger partial charge in [0, 0.05) is 30.7 Å². The number of nitriles is 1. The van der Waals surface area contributed by atoms with Crippen LogP contribution in [0, 0.1) is 17.2 Å². The van der Waals surface area contributed by atoms with E-state index in [1.807, 2.05) is 23.1 Å². The third-order valence-corrected chi connectivity index (χ3v) is 4.36. The van der Waals surface area contributed by atoms with E-state index < -0.39 is 11.9 Å². The molecule has 1 N–H and O–H groups in total. The molecule has 1 aliphatic heterocycles. The highest BCUT2D eigenvalue weighted by atomic mass is 16.5. The number of carboxylic acids is 1. The summed E-state index contributed by atoms with van der Waals surface area (Å²) >= 11 is 0. The summed E-state index contributed by atoms with van der Waals surface area (Å²) in [5.41, 5.74) is 2.62. The standard InChI is InChI=1S/C18H17N3O3/c1-11-10-21(6-5-14(11)18(22)23)17-12(8-19)9-20-16-7-13(24-2)3-4-15(16)17/h3-4,7,9,14H,1,5-6,10H2,2H3,(H,22,23)/t14-/m0/s1. The Hall–Kier alpha value is -3.07. The molecular formula is C18H17N3O3. The van der Waals surface area contributed by atoms with Gasteiger partial charge in [0.05, 0.1) is 29.8 Å². The molecular weight excluding hydrogens is 306 g/mol. The molecule has 122 valence electrons. The van der Waals surface area contributed by atoms with E-state index >= 15 is 0 Å². The largest absolute Gasteiger partial charge is 0.497 e. The molecule has 6 nitrogen and oxygen atoms in total. The van der Waals surface area contributed by atoms with Crippen molar-refractivity contribution in [1.29, 1.82) is 5.26 Å². The van der Waals surface area contributed by atoms with Gasteiger partial charge in [-0.1, -0.05) is 6.58 Å². The number of benzene rings is 1. The second-order valence-electron chi connectivity index (χ2n) is 5.77. The van der Waals surface area contributed by atoms with Gasteiger partial charge in [-0.2, -0.15) is 5.26 Å². The maximum absolute atomic E-state index is 11.3. The van der Waals surface area contributed by atoms with Gasteiger partial charge in [-0.25, -0.2) is 0 Å². The summed E-state index contributed by atoms with van der Waals surface area (Å²) in [5.74, 6) is -0.677. The second-order valence-corrected chi connectivity index (χ2v) is 5.77. The lowest BCUT2D eigenvalue weighted by Gasteiger charge is -2.34. The zero-order valence-electron chi connectivity index (χ0n) is 13.3. The predicted molar refractivity (Wildman–Crippen MR) is 90.1 cm³/mol. The summed E-state index contributed by atoms with van der Waals surface area (Å²) in [7, 11) is 1.59. The van der Waals surface area contributed by atoms with E-state index in [1.165, 1.54) is 0 Å². The van der Waals surface area contributed by atoms with E-state index in [0.29, 0.717) is 36.4 Å². The molecule has 1 aromatic carbocycles. The lowest BCUT2D eigenvalue weighted by molar-refractivity contribution is -0.140. The molecule has 1 atom stereocenters. The summed E-state index contributed by atoms with van der Waals surface area (Å²) in [6.45, 7) is 4.88. The number of carboxylic acid groups (broad SMARTS) is 1. The summed E-state index contributed by atoms with van der Waals surface area (Å²) in [6, 6.07) is 7.70. The third-order valence-electron chi connectivity index (χ3n) is 4.36. The number of rotatable bonds is 3. The van der Waals surface area contributed by atoms with Crippen LogP contribution in [0.3, 0.4) is 0 Å². The van der Waals surface area contributed by atoms with Gasteiger partial charge >= 0.3 is 5.97 Å². The van der Waals surface area contributed by atoms with E-state index in [1.54, 1.807) is 13.3 Å². The van der Waals surface area contributed by atoms with Crippen LogP contribution in [-0.2, 0) is 4.79 Å². The number of methoxy groups -OCH3 is 1. The highest BCUT2D eigenvalue weighted by Crippen LogP contribution is 2.35. The maximum atomic E-state index is 11.3. The lowest BCUT2D eigenvalue weighted by atomic mass is 9.91. The minimum absolute atomic E-state index is 0.413. The number of aromatic nitrogens is 1. The minimum atomic E-state index is -0.843. The zero-order valence-corrected chi connectivity index (χ0v) is 13.3. The number of anilines is 1. The maximum Gasteiger partial charge on any atom is 0.310 e. The summed E-state index contributed by atoms with van der Waals surface area (Å²) in [6.07, 6.45) is 2.02. The average Bonchev–Trinajstić information content (AvgIpc) is 2.59. The second kappa shape index (κ2) is 6.20. The van der Waals surface area contributed by atoms with Crippen LogP contribution in [0.15, 0.2) is 36.5 Å². The molecule has 0 spiro atoms. The first kappa shape index (κ1) is 15.8. The molecule has 3 rings (SSSR count). The molecule has 2 aromatic rings. The molecule has 1 aliphatic rings. The van der Waals surface area contributed by atoms with E-state index in [9.17, 15) is 15.2 Å². The van der Waals surface area contributed by atoms with Crippen molar-refractivity contribution in [3.05, 3.63) is 42.1 Å². The molecule has 0 saturated carbocycles. The van der Waals surface area contributed by atoms with Crippen molar-refractivity contribution in [1.82, 2.24) is 4.98 Å². The van der Waals surface area contributed by atoms with Gasteiger partial charge in [0.1, 0.15) is 11.8 Å². The molecule has 24 heavy (non-hydrogen) atoms. The monoisotopic (exact) mass is 323 g/mol. The average molecular weight is 323 g/mol. The zero-order chi connectivity index (χ0) is 17.3. The lowest BCUT2D eigenvalue weighted by Crippen LogP contribution is -2.38. The predicted octanol–water partition coefficient (Wildman–Crippen LogP) is 2.58. The van der Waals surface area contributed by atoms with Crippen LogP contribution >= 0.6 is 0 Å². The number of ether oxygens (including phenoxy) is 1. The fourth-order valence-corrected chi connectivity index (χ4v) is 3.12. The Bertz CT molecular complexity index is 870. The minimum Gasteiger partial charge on any atom is -0.497 e. The van der Waals surface area contributed by atoms with Gasteiger partial charge < -0.3 is 14.7 Å². The number of carbonyl (C=O) groups is 1. The van der Waals surface area contributed by atoms with Crippen LogP contribution in [0.4, 0.5) is 5.69 Å². The first-order valence-electron chi connectivity index (χ1n) is 7.57. The Kier molecular flexibility index (Phi) is 4.09. The Morgan fingerprint density at radius 1 is 1.54 bits per heavy atom. The van der Waals surface area contributed by atoms with Gasteiger partial charge in [0.25, 0.3) is 0 Å². The molecule has 6 heteroatoms. The first-order chi connectivity index (χ1) is 11.5. The van der Waals surface area contributed by atoms with Gasteiger partial charge in [0.15, 0.2) is 0 Å². The van der Waals surface area contributed by atoms with Gasteiger partial charge in [0.2, 0.25) is 0 Å². The van der Waals surface area contributed by atoms with Crippen LogP contribution in [0.5, 0.6) is 5.75 Å². The van der Waals surface area contributed by atoms with E-state index in [2.05, 4.69) is 17.6 Å². The Morgan fingerprint density at radius 2 is 2.33 bits per heavy atom. The van der Waals surface area contributed by atoms with Crippen molar-refractivity contribution in [3.63, 3.8) is 0 Å².